The van der Waals surface area contributed by atoms with Gasteiger partial charge in [0, 0.05) is 24.8 Å². The van der Waals surface area contributed by atoms with Crippen molar-refractivity contribution in [3.8, 4) is 5.75 Å². The van der Waals surface area contributed by atoms with Crippen LogP contribution >= 0.6 is 11.3 Å². The fourth-order valence-electron chi connectivity index (χ4n) is 2.61. The van der Waals surface area contributed by atoms with Gasteiger partial charge < -0.3 is 9.30 Å². The van der Waals surface area contributed by atoms with Gasteiger partial charge in [-0.3, -0.25) is 14.9 Å². The van der Waals surface area contributed by atoms with Gasteiger partial charge in [0.05, 0.1) is 22.2 Å². The normalized spacial score (nSPS) is 11.8. The molecule has 0 saturated heterocycles. The number of nitro benzene ring substituents is 1. The first-order chi connectivity index (χ1) is 13.5. The lowest BCUT2D eigenvalue weighted by Gasteiger charge is -2.02. The average Bonchev–Trinajstić information content (AvgIpc) is 3.03. The van der Waals surface area contributed by atoms with Gasteiger partial charge in [-0.25, -0.2) is 0 Å². The van der Waals surface area contributed by atoms with Crippen LogP contribution in [0.5, 0.6) is 5.75 Å². The largest absolute Gasteiger partial charge is 0.497 e. The molecule has 28 heavy (non-hydrogen) atoms. The van der Waals surface area contributed by atoms with E-state index in [9.17, 15) is 14.9 Å². The van der Waals surface area contributed by atoms with Crippen LogP contribution < -0.4 is 9.54 Å². The number of fused-ring (bicyclic) bond motifs is 1. The Morgan fingerprint density at radius 3 is 2.89 bits per heavy atom. The number of amides is 1. The number of carbonyl (C=O) groups excluding carboxylic acids is 1. The molecule has 7 nitrogen and oxygen atoms in total. The topological polar surface area (TPSA) is 86.7 Å². The molecule has 8 heteroatoms. The Hall–Kier alpha value is -3.52. The van der Waals surface area contributed by atoms with E-state index in [0.717, 1.165) is 16.0 Å². The average molecular weight is 395 g/mol. The predicted molar refractivity (Wildman–Crippen MR) is 109 cm³/mol. The number of aromatic nitrogens is 1. The van der Waals surface area contributed by atoms with Crippen molar-refractivity contribution in [2.75, 3.05) is 7.11 Å². The second-order valence-electron chi connectivity index (χ2n) is 5.75. The molecule has 0 fully saturated rings. The smallest absolute Gasteiger partial charge is 0.272 e. The lowest BCUT2D eigenvalue weighted by atomic mass is 10.2. The zero-order valence-electron chi connectivity index (χ0n) is 15.1. The number of hydrogen-bond acceptors (Lipinski definition) is 5. The summed E-state index contributed by atoms with van der Waals surface area (Å²) in [6, 6.07) is 11.7. The van der Waals surface area contributed by atoms with Crippen LogP contribution in [0.15, 0.2) is 66.2 Å². The Morgan fingerprint density at radius 2 is 2.18 bits per heavy atom. The summed E-state index contributed by atoms with van der Waals surface area (Å²) in [6.07, 6.45) is 4.54. The number of non-ortho nitro benzene ring substituents is 1. The molecule has 0 aliphatic carbocycles. The van der Waals surface area contributed by atoms with E-state index in [-0.39, 0.29) is 5.69 Å². The van der Waals surface area contributed by atoms with Crippen LogP contribution in [0.3, 0.4) is 0 Å². The molecule has 0 saturated carbocycles. The highest BCUT2D eigenvalue weighted by molar-refractivity contribution is 7.16. The summed E-state index contributed by atoms with van der Waals surface area (Å²) in [5, 5.41) is 10.8. The Labute approximate surface area is 164 Å². The van der Waals surface area contributed by atoms with Crippen molar-refractivity contribution < 1.29 is 14.5 Å². The lowest BCUT2D eigenvalue weighted by molar-refractivity contribution is -0.384. The van der Waals surface area contributed by atoms with E-state index in [4.69, 9.17) is 4.74 Å². The van der Waals surface area contributed by atoms with Crippen molar-refractivity contribution in [2.24, 2.45) is 4.99 Å². The van der Waals surface area contributed by atoms with Gasteiger partial charge in [0.25, 0.3) is 11.6 Å². The van der Waals surface area contributed by atoms with Gasteiger partial charge in [0.15, 0.2) is 4.80 Å². The fourth-order valence-corrected chi connectivity index (χ4v) is 3.69. The molecule has 0 aliphatic rings. The van der Waals surface area contributed by atoms with Crippen molar-refractivity contribution in [3.05, 3.63) is 81.7 Å². The summed E-state index contributed by atoms with van der Waals surface area (Å²) in [6.45, 7) is 4.27. The fraction of sp³-hybridized carbons (Fsp3) is 0.100. The lowest BCUT2D eigenvalue weighted by Crippen LogP contribution is -2.15. The first-order valence-corrected chi connectivity index (χ1v) is 9.13. The maximum atomic E-state index is 12.3. The molecule has 1 aromatic heterocycles. The van der Waals surface area contributed by atoms with Gasteiger partial charge in [-0.1, -0.05) is 29.5 Å². The van der Waals surface area contributed by atoms with Crippen LogP contribution in [-0.4, -0.2) is 22.5 Å². The molecule has 3 aromatic rings. The minimum atomic E-state index is -0.479. The maximum absolute atomic E-state index is 12.3. The van der Waals surface area contributed by atoms with E-state index in [1.807, 2.05) is 22.8 Å². The number of thiazole rings is 1. The molecule has 1 heterocycles. The highest BCUT2D eigenvalue weighted by Crippen LogP contribution is 2.23. The number of ether oxygens (including phenoxy) is 1. The van der Waals surface area contributed by atoms with Crippen LogP contribution in [0.2, 0.25) is 0 Å². The van der Waals surface area contributed by atoms with Gasteiger partial charge in [-0.15, -0.1) is 6.58 Å². The third kappa shape index (κ3) is 4.24. The van der Waals surface area contributed by atoms with Gasteiger partial charge in [-0.05, 0) is 29.8 Å². The molecule has 0 bridgehead atoms. The second-order valence-corrected chi connectivity index (χ2v) is 6.76. The Kier molecular flexibility index (Phi) is 5.81. The number of methoxy groups -OCH3 is 1. The van der Waals surface area contributed by atoms with Crippen molar-refractivity contribution in [3.63, 3.8) is 0 Å². The molecular formula is C20H17N3O4S. The Morgan fingerprint density at radius 1 is 1.36 bits per heavy atom. The van der Waals surface area contributed by atoms with Gasteiger partial charge in [-0.2, -0.15) is 4.99 Å². The van der Waals surface area contributed by atoms with Crippen LogP contribution in [0.1, 0.15) is 5.56 Å². The molecule has 0 radical (unpaired) electrons. The summed E-state index contributed by atoms with van der Waals surface area (Å²) >= 11 is 1.37. The SMILES string of the molecule is C=CCn1c(=NC(=O)/C=C/c2cccc([N+](=O)[O-])c2)sc2cc(OC)ccc21. The third-order valence-electron chi connectivity index (χ3n) is 3.91. The molecule has 0 aliphatic heterocycles. The minimum Gasteiger partial charge on any atom is -0.497 e. The summed E-state index contributed by atoms with van der Waals surface area (Å²) in [5.74, 6) is 0.269. The van der Waals surface area contributed by atoms with Crippen LogP contribution in [0.4, 0.5) is 5.69 Å². The van der Waals surface area contributed by atoms with E-state index < -0.39 is 10.8 Å². The minimum absolute atomic E-state index is 0.0335. The monoisotopic (exact) mass is 395 g/mol. The number of benzene rings is 2. The van der Waals surface area contributed by atoms with Gasteiger partial charge in [0.2, 0.25) is 0 Å². The highest BCUT2D eigenvalue weighted by Gasteiger charge is 2.08. The number of carbonyl (C=O) groups is 1. The quantitative estimate of drug-likeness (QED) is 0.274. The molecule has 3 rings (SSSR count). The van der Waals surface area contributed by atoms with Crippen molar-refractivity contribution in [2.45, 2.75) is 6.54 Å². The molecule has 1 amide bonds. The Balaban J connectivity index is 1.95. The molecule has 0 unspecified atom stereocenters. The molecule has 0 N–H and O–H groups in total. The van der Waals surface area contributed by atoms with E-state index in [0.29, 0.717) is 16.9 Å². The molecule has 0 spiro atoms. The molecule has 0 atom stereocenters. The first-order valence-electron chi connectivity index (χ1n) is 8.31. The number of rotatable bonds is 6. The number of nitro groups is 1. The van der Waals surface area contributed by atoms with Gasteiger partial charge in [0.1, 0.15) is 5.75 Å². The zero-order valence-corrected chi connectivity index (χ0v) is 15.9. The van der Waals surface area contributed by atoms with E-state index in [2.05, 4.69) is 11.6 Å². The second kappa shape index (κ2) is 8.45. The molecule has 142 valence electrons. The van der Waals surface area contributed by atoms with Crippen LogP contribution in [0.25, 0.3) is 16.3 Å². The van der Waals surface area contributed by atoms with Crippen molar-refractivity contribution in [1.29, 1.82) is 0 Å². The zero-order chi connectivity index (χ0) is 20.1. The maximum Gasteiger partial charge on any atom is 0.272 e. The standard InChI is InChI=1S/C20H17N3O4S/c1-3-11-22-17-9-8-16(27-2)13-18(17)28-20(22)21-19(24)10-7-14-5-4-6-15(12-14)23(25)26/h3-10,12-13H,1,11H2,2H3/b10-7+,21-20?. The predicted octanol–water partition coefficient (Wildman–Crippen LogP) is 3.95. The summed E-state index contributed by atoms with van der Waals surface area (Å²) < 4.78 is 8.08. The summed E-state index contributed by atoms with van der Waals surface area (Å²) in [4.78, 5) is 27.4. The van der Waals surface area contributed by atoms with Crippen LogP contribution in [0, 0.1) is 10.1 Å². The van der Waals surface area contributed by atoms with Crippen molar-refractivity contribution >= 4 is 39.2 Å². The van der Waals surface area contributed by atoms with E-state index >= 15 is 0 Å². The Bertz CT molecular complexity index is 1160. The molecular weight excluding hydrogens is 378 g/mol. The first kappa shape index (κ1) is 19.2. The highest BCUT2D eigenvalue weighted by atomic mass is 32.1. The van der Waals surface area contributed by atoms with E-state index in [1.54, 1.807) is 25.3 Å². The number of nitrogens with zero attached hydrogens (tertiary/aromatic N) is 3. The van der Waals surface area contributed by atoms with Gasteiger partial charge >= 0.3 is 0 Å². The van der Waals surface area contributed by atoms with E-state index in [1.165, 1.54) is 35.6 Å². The summed E-state index contributed by atoms with van der Waals surface area (Å²) in [5.41, 5.74) is 1.45. The van der Waals surface area contributed by atoms with Crippen LogP contribution in [-0.2, 0) is 11.3 Å². The molecule has 2 aromatic carbocycles. The third-order valence-corrected chi connectivity index (χ3v) is 4.95. The number of allylic oxidation sites excluding steroid dienone is 1. The van der Waals surface area contributed by atoms with Crippen molar-refractivity contribution in [1.82, 2.24) is 4.57 Å². The summed E-state index contributed by atoms with van der Waals surface area (Å²) in [7, 11) is 1.60. The number of hydrogen-bond donors (Lipinski definition) is 0.